The van der Waals surface area contributed by atoms with Crippen LogP contribution in [0.25, 0.3) is 11.1 Å². The number of rotatable bonds is 9. The molecule has 4 aromatic rings. The van der Waals surface area contributed by atoms with Gasteiger partial charge in [0.25, 0.3) is 0 Å². The molecular formula is C38H36O9S. The quantitative estimate of drug-likeness (QED) is 0.196. The second-order valence-corrected chi connectivity index (χ2v) is 13.6. The number of carbonyl (C=O) groups is 2. The Labute approximate surface area is 281 Å². The van der Waals surface area contributed by atoms with Gasteiger partial charge in [0.15, 0.2) is 17.6 Å². The Morgan fingerprint density at radius 3 is 2.04 bits per heavy atom. The fourth-order valence-electron chi connectivity index (χ4n) is 6.76. The molecule has 48 heavy (non-hydrogen) atoms. The van der Waals surface area contributed by atoms with E-state index < -0.39 is 58.9 Å². The van der Waals surface area contributed by atoms with Crippen molar-refractivity contribution in [1.82, 2.24) is 0 Å². The van der Waals surface area contributed by atoms with E-state index in [4.69, 9.17) is 28.4 Å². The van der Waals surface area contributed by atoms with E-state index in [2.05, 4.69) is 12.1 Å². The minimum absolute atomic E-state index is 0.0312. The van der Waals surface area contributed by atoms with Gasteiger partial charge in [0.05, 0.1) is 35.9 Å². The summed E-state index contributed by atoms with van der Waals surface area (Å²) in [6.45, 7) is 1.54. The van der Waals surface area contributed by atoms with Crippen LogP contribution in [0.4, 0.5) is 4.79 Å². The summed E-state index contributed by atoms with van der Waals surface area (Å²) in [6, 6.07) is 35.1. The molecule has 2 heterocycles. The Bertz CT molecular complexity index is 1720. The molecule has 3 aliphatic rings. The summed E-state index contributed by atoms with van der Waals surface area (Å²) in [5.74, 6) is -0.600. The third-order valence-electron chi connectivity index (χ3n) is 8.92. The van der Waals surface area contributed by atoms with Crippen molar-refractivity contribution in [2.45, 2.75) is 55.4 Å². The summed E-state index contributed by atoms with van der Waals surface area (Å²) >= 11 is 0. The molecule has 7 rings (SSSR count). The molecule has 0 radical (unpaired) electrons. The highest BCUT2D eigenvalue weighted by Crippen LogP contribution is 2.45. The lowest BCUT2D eigenvalue weighted by Gasteiger charge is -2.47. The van der Waals surface area contributed by atoms with Gasteiger partial charge in [-0.05, 0) is 33.4 Å². The van der Waals surface area contributed by atoms with Crippen LogP contribution in [0, 0.1) is 0 Å². The van der Waals surface area contributed by atoms with Crippen LogP contribution >= 0.6 is 0 Å². The van der Waals surface area contributed by atoms with Crippen molar-refractivity contribution in [3.05, 3.63) is 131 Å². The zero-order valence-corrected chi connectivity index (χ0v) is 27.2. The molecule has 9 nitrogen and oxygen atoms in total. The summed E-state index contributed by atoms with van der Waals surface area (Å²) in [5.41, 5.74) is 5.14. The van der Waals surface area contributed by atoms with Gasteiger partial charge >= 0.3 is 12.1 Å². The third kappa shape index (κ3) is 6.79. The van der Waals surface area contributed by atoms with Crippen molar-refractivity contribution < 1.29 is 42.2 Å². The van der Waals surface area contributed by atoms with Crippen molar-refractivity contribution >= 4 is 22.9 Å². The first-order chi connectivity index (χ1) is 23.5. The molecule has 1 aliphatic carbocycles. The Morgan fingerprint density at radius 1 is 0.750 bits per heavy atom. The molecule has 2 aliphatic heterocycles. The molecule has 2 saturated heterocycles. The number of fused-ring (bicyclic) bond motifs is 4. The van der Waals surface area contributed by atoms with Gasteiger partial charge in [0.2, 0.25) is 0 Å². The molecule has 0 N–H and O–H groups in total. The summed E-state index contributed by atoms with van der Waals surface area (Å²) in [6.07, 6.45) is -5.72. The Morgan fingerprint density at radius 2 is 1.38 bits per heavy atom. The number of hydrogen-bond acceptors (Lipinski definition) is 9. The third-order valence-corrected chi connectivity index (χ3v) is 10.4. The highest BCUT2D eigenvalue weighted by molar-refractivity contribution is 7.85. The van der Waals surface area contributed by atoms with E-state index in [1.54, 1.807) is 0 Å². The molecule has 10 heteroatoms. The van der Waals surface area contributed by atoms with Crippen LogP contribution in [-0.2, 0) is 50.6 Å². The molecule has 7 atom stereocenters. The topological polar surface area (TPSA) is 107 Å². The predicted molar refractivity (Wildman–Crippen MR) is 177 cm³/mol. The first kappa shape index (κ1) is 32.2. The van der Waals surface area contributed by atoms with Gasteiger partial charge in [-0.15, -0.1) is 0 Å². The normalized spacial score (nSPS) is 26.1. The number of carbonyl (C=O) groups excluding carboxylic acids is 2. The maximum Gasteiger partial charge on any atom is 0.508 e. The SMILES string of the molecule is CC(=O)O[C@@H]1[C@H]2O[C@@H](c3ccccc3)CS(=O)[C@@H]2O[C@H](COCc2ccccc2)[C@H]1OC(=O)OCC1c2ccccc2-c2ccccc21. The second-order valence-electron chi connectivity index (χ2n) is 12.0. The van der Waals surface area contributed by atoms with Crippen LogP contribution in [0.15, 0.2) is 109 Å². The summed E-state index contributed by atoms with van der Waals surface area (Å²) in [7, 11) is -1.53. The molecule has 0 amide bonds. The number of hydrogen-bond donors (Lipinski definition) is 0. The minimum atomic E-state index is -1.53. The van der Waals surface area contributed by atoms with Gasteiger partial charge in [0, 0.05) is 12.8 Å². The average Bonchev–Trinajstić information content (AvgIpc) is 3.43. The van der Waals surface area contributed by atoms with Gasteiger partial charge < -0.3 is 28.4 Å². The zero-order valence-electron chi connectivity index (χ0n) is 26.3. The molecule has 0 spiro atoms. The van der Waals surface area contributed by atoms with Crippen LogP contribution in [0.5, 0.6) is 0 Å². The van der Waals surface area contributed by atoms with E-state index in [1.165, 1.54) is 6.92 Å². The van der Waals surface area contributed by atoms with E-state index in [1.807, 2.05) is 97.1 Å². The molecular weight excluding hydrogens is 632 g/mol. The number of benzene rings is 4. The molecule has 0 bridgehead atoms. The standard InChI is InChI=1S/C38H36O9S/c1-24(39)44-35-34(47-38(40)43-21-31-29-18-10-8-16-27(29)28-17-9-11-19-30(28)31)32(22-42-20-25-12-4-2-5-13-25)46-37-36(35)45-33(23-48(37)41)26-14-6-3-7-15-26/h2-19,31-37H,20-23H2,1H3/t32-,33-,34-,35+,36-,37+,48?/m1/s1. The summed E-state index contributed by atoms with van der Waals surface area (Å²) < 4.78 is 50.0. The molecule has 248 valence electrons. The average molecular weight is 669 g/mol. The van der Waals surface area contributed by atoms with Crippen LogP contribution in [0.2, 0.25) is 0 Å². The molecule has 1 unspecified atom stereocenters. The fraction of sp³-hybridized carbons (Fsp3) is 0.316. The van der Waals surface area contributed by atoms with Crippen molar-refractivity contribution in [2.75, 3.05) is 19.0 Å². The van der Waals surface area contributed by atoms with Crippen LogP contribution in [0.1, 0.15) is 41.2 Å². The van der Waals surface area contributed by atoms with E-state index in [-0.39, 0.29) is 31.5 Å². The lowest BCUT2D eigenvalue weighted by Crippen LogP contribution is -2.65. The number of ether oxygens (including phenoxy) is 6. The molecule has 0 saturated carbocycles. The second kappa shape index (κ2) is 14.4. The van der Waals surface area contributed by atoms with Gasteiger partial charge in [-0.25, -0.2) is 4.79 Å². The number of esters is 1. The Hall–Kier alpha value is -4.35. The lowest BCUT2D eigenvalue weighted by atomic mass is 9.98. The highest BCUT2D eigenvalue weighted by Gasteiger charge is 2.55. The summed E-state index contributed by atoms with van der Waals surface area (Å²) in [4.78, 5) is 26.0. The van der Waals surface area contributed by atoms with Crippen LogP contribution in [0.3, 0.4) is 0 Å². The van der Waals surface area contributed by atoms with Crippen molar-refractivity contribution in [2.24, 2.45) is 0 Å². The summed E-state index contributed by atoms with van der Waals surface area (Å²) in [5, 5.41) is 0. The van der Waals surface area contributed by atoms with E-state index in [0.717, 1.165) is 33.4 Å². The first-order valence-electron chi connectivity index (χ1n) is 16.0. The van der Waals surface area contributed by atoms with Crippen molar-refractivity contribution in [1.29, 1.82) is 0 Å². The van der Waals surface area contributed by atoms with Gasteiger partial charge in [-0.3, -0.25) is 9.00 Å². The lowest BCUT2D eigenvalue weighted by molar-refractivity contribution is -0.247. The highest BCUT2D eigenvalue weighted by atomic mass is 32.2. The van der Waals surface area contributed by atoms with E-state index in [0.29, 0.717) is 0 Å². The predicted octanol–water partition coefficient (Wildman–Crippen LogP) is 6.08. The maximum absolute atomic E-state index is 13.7. The van der Waals surface area contributed by atoms with Gasteiger partial charge in [-0.1, -0.05) is 109 Å². The van der Waals surface area contributed by atoms with E-state index >= 15 is 0 Å². The van der Waals surface area contributed by atoms with Crippen LogP contribution < -0.4 is 0 Å². The zero-order chi connectivity index (χ0) is 33.0. The largest absolute Gasteiger partial charge is 0.508 e. The van der Waals surface area contributed by atoms with Crippen molar-refractivity contribution in [3.63, 3.8) is 0 Å². The first-order valence-corrected chi connectivity index (χ1v) is 17.4. The van der Waals surface area contributed by atoms with Crippen LogP contribution in [-0.4, -0.2) is 65.2 Å². The fourth-order valence-corrected chi connectivity index (χ4v) is 8.30. The smallest absolute Gasteiger partial charge is 0.456 e. The van der Waals surface area contributed by atoms with Gasteiger partial charge in [0.1, 0.15) is 18.8 Å². The molecule has 0 aromatic heterocycles. The molecule has 4 aromatic carbocycles. The Kier molecular flexibility index (Phi) is 9.67. The maximum atomic E-state index is 13.7. The van der Waals surface area contributed by atoms with Gasteiger partial charge in [-0.2, -0.15) is 0 Å². The Balaban J connectivity index is 1.13. The van der Waals surface area contributed by atoms with Crippen molar-refractivity contribution in [3.8, 4) is 11.1 Å². The van der Waals surface area contributed by atoms with E-state index in [9.17, 15) is 13.8 Å². The minimum Gasteiger partial charge on any atom is -0.456 e. The monoisotopic (exact) mass is 668 g/mol. The molecule has 2 fully saturated rings.